The number of amides is 4. The average Bonchev–Trinajstić information content (AvgIpc) is 2.96. The molecule has 0 unspecified atom stereocenters. The van der Waals surface area contributed by atoms with Gasteiger partial charge in [0.15, 0.2) is 11.3 Å². The van der Waals surface area contributed by atoms with Crippen molar-refractivity contribution in [3.8, 4) is 0 Å². The predicted octanol–water partition coefficient (Wildman–Crippen LogP) is 2.99. The highest BCUT2D eigenvalue weighted by atomic mass is 16.5. The standard InChI is InChI=1S/C31H46N4O7/c1-6-18-34(25(19-36)21(2)3)29(40)31(22(4)5)26(37)15-16-27(38)35(31)28(39)24(32)14-10-11-17-33-30(41)42-20-23-12-8-7-9-13-23/h7-9,12-13,19,21-22,24-25H,6,10-11,14-18,20,32H2,1-5H3,(H,33,41)/t24-,25+,31+/m0/s1. The zero-order valence-electron chi connectivity index (χ0n) is 25.5. The van der Waals surface area contributed by atoms with E-state index in [9.17, 15) is 28.8 Å². The summed E-state index contributed by atoms with van der Waals surface area (Å²) in [7, 11) is 0. The van der Waals surface area contributed by atoms with E-state index in [4.69, 9.17) is 10.5 Å². The molecule has 1 aliphatic rings. The van der Waals surface area contributed by atoms with E-state index in [0.717, 1.165) is 10.5 Å². The second-order valence-electron chi connectivity index (χ2n) is 11.4. The largest absolute Gasteiger partial charge is 0.445 e. The third-order valence-corrected chi connectivity index (χ3v) is 7.62. The highest BCUT2D eigenvalue weighted by Crippen LogP contribution is 2.36. The van der Waals surface area contributed by atoms with E-state index in [1.54, 1.807) is 27.7 Å². The summed E-state index contributed by atoms with van der Waals surface area (Å²) in [5.41, 5.74) is 5.03. The molecule has 3 atom stereocenters. The Hall–Kier alpha value is -3.60. The van der Waals surface area contributed by atoms with Gasteiger partial charge in [-0.2, -0.15) is 0 Å². The minimum atomic E-state index is -2.08. The molecule has 1 saturated heterocycles. The van der Waals surface area contributed by atoms with Gasteiger partial charge in [0, 0.05) is 25.9 Å². The number of carbonyl (C=O) groups is 6. The van der Waals surface area contributed by atoms with Gasteiger partial charge in [0.1, 0.15) is 12.9 Å². The van der Waals surface area contributed by atoms with Crippen LogP contribution in [0.4, 0.5) is 4.79 Å². The smallest absolute Gasteiger partial charge is 0.407 e. The van der Waals surface area contributed by atoms with Crippen molar-refractivity contribution in [2.45, 2.75) is 97.4 Å². The number of Topliss-reactive ketones (excluding diaryl/α,β-unsaturated/α-hetero) is 1. The Morgan fingerprint density at radius 1 is 1.10 bits per heavy atom. The Balaban J connectivity index is 2.13. The number of ether oxygens (including phenoxy) is 1. The van der Waals surface area contributed by atoms with Crippen LogP contribution in [-0.2, 0) is 35.3 Å². The average molecular weight is 587 g/mol. The highest BCUT2D eigenvalue weighted by molar-refractivity contribution is 6.20. The van der Waals surface area contributed by atoms with Crippen LogP contribution in [0.1, 0.15) is 78.7 Å². The molecule has 1 aromatic rings. The van der Waals surface area contributed by atoms with Crippen LogP contribution in [0.5, 0.6) is 0 Å². The molecule has 11 nitrogen and oxygen atoms in total. The van der Waals surface area contributed by atoms with Crippen molar-refractivity contribution in [2.24, 2.45) is 17.6 Å². The topological polar surface area (TPSA) is 156 Å². The molecular formula is C31H46N4O7. The Bertz CT molecular complexity index is 1110. The van der Waals surface area contributed by atoms with Crippen molar-refractivity contribution in [1.29, 1.82) is 0 Å². The number of unbranched alkanes of at least 4 members (excludes halogenated alkanes) is 1. The van der Waals surface area contributed by atoms with Crippen molar-refractivity contribution in [1.82, 2.24) is 15.1 Å². The first-order valence-electron chi connectivity index (χ1n) is 14.8. The summed E-state index contributed by atoms with van der Waals surface area (Å²) in [6.45, 7) is 9.30. The number of carbonyl (C=O) groups excluding carboxylic acids is 6. The van der Waals surface area contributed by atoms with E-state index in [1.165, 1.54) is 4.90 Å². The molecule has 1 aliphatic heterocycles. The zero-order chi connectivity index (χ0) is 31.4. The number of likely N-dealkylation sites (tertiary alicyclic amines) is 1. The van der Waals surface area contributed by atoms with Gasteiger partial charge in [-0.15, -0.1) is 0 Å². The molecule has 3 N–H and O–H groups in total. The number of hydrogen-bond acceptors (Lipinski definition) is 8. The first-order chi connectivity index (χ1) is 19.9. The molecule has 0 saturated carbocycles. The molecular weight excluding hydrogens is 540 g/mol. The van der Waals surface area contributed by atoms with Crippen LogP contribution in [0.25, 0.3) is 0 Å². The van der Waals surface area contributed by atoms with Gasteiger partial charge >= 0.3 is 6.09 Å². The number of aldehydes is 1. The Morgan fingerprint density at radius 3 is 2.33 bits per heavy atom. The van der Waals surface area contributed by atoms with Crippen molar-refractivity contribution in [3.05, 3.63) is 35.9 Å². The molecule has 2 rings (SSSR count). The van der Waals surface area contributed by atoms with Gasteiger partial charge in [-0.25, -0.2) is 4.79 Å². The van der Waals surface area contributed by atoms with Crippen LogP contribution in [0.2, 0.25) is 0 Å². The molecule has 0 aromatic heterocycles. The molecule has 0 bridgehead atoms. The van der Waals surface area contributed by atoms with E-state index < -0.39 is 53.1 Å². The fourth-order valence-electron chi connectivity index (χ4n) is 5.36. The number of benzene rings is 1. The molecule has 1 aromatic carbocycles. The number of imide groups is 1. The van der Waals surface area contributed by atoms with Crippen LogP contribution < -0.4 is 11.1 Å². The third-order valence-electron chi connectivity index (χ3n) is 7.62. The van der Waals surface area contributed by atoms with Crippen LogP contribution in [0.3, 0.4) is 0 Å². The van der Waals surface area contributed by atoms with Crippen LogP contribution in [0, 0.1) is 11.8 Å². The summed E-state index contributed by atoms with van der Waals surface area (Å²) in [6.07, 6.45) is 1.33. The summed E-state index contributed by atoms with van der Waals surface area (Å²) < 4.78 is 5.18. The molecule has 0 aliphatic carbocycles. The van der Waals surface area contributed by atoms with Gasteiger partial charge in [0.05, 0.1) is 12.1 Å². The summed E-state index contributed by atoms with van der Waals surface area (Å²) in [6, 6.07) is 7.29. The molecule has 232 valence electrons. The Kier molecular flexibility index (Phi) is 13.3. The minimum absolute atomic E-state index is 0.144. The number of piperidine rings is 1. The first-order valence-corrected chi connectivity index (χ1v) is 14.8. The number of nitrogens with one attached hydrogen (secondary N) is 1. The Morgan fingerprint density at radius 2 is 1.76 bits per heavy atom. The zero-order valence-corrected chi connectivity index (χ0v) is 25.5. The van der Waals surface area contributed by atoms with Crippen molar-refractivity contribution < 1.29 is 33.5 Å². The van der Waals surface area contributed by atoms with E-state index in [0.29, 0.717) is 32.1 Å². The van der Waals surface area contributed by atoms with Crippen molar-refractivity contribution >= 4 is 35.9 Å². The number of alkyl carbamates (subject to hydrolysis) is 1. The lowest BCUT2D eigenvalue weighted by Gasteiger charge is -2.49. The lowest BCUT2D eigenvalue weighted by molar-refractivity contribution is -0.176. The summed E-state index contributed by atoms with van der Waals surface area (Å²) in [5.74, 6) is -3.68. The first kappa shape index (κ1) is 34.6. The van der Waals surface area contributed by atoms with Crippen molar-refractivity contribution in [3.63, 3.8) is 0 Å². The second kappa shape index (κ2) is 16.1. The number of nitrogens with zero attached hydrogens (tertiary/aromatic N) is 2. The molecule has 11 heteroatoms. The number of ketones is 1. The SMILES string of the molecule is CCCN(C(=O)[C@@]1(C(C)C)C(=O)CCC(=O)N1C(=O)[C@@H](N)CCCCNC(=O)OCc1ccccc1)[C@H](C=O)C(C)C. The van der Waals surface area contributed by atoms with E-state index in [2.05, 4.69) is 5.32 Å². The number of nitrogens with two attached hydrogens (primary N) is 1. The molecule has 0 spiro atoms. The van der Waals surface area contributed by atoms with Gasteiger partial charge in [-0.1, -0.05) is 65.0 Å². The molecule has 4 amide bonds. The maximum absolute atomic E-state index is 14.3. The number of rotatable bonds is 15. The normalized spacial score (nSPS) is 18.5. The maximum Gasteiger partial charge on any atom is 0.407 e. The second-order valence-corrected chi connectivity index (χ2v) is 11.4. The van der Waals surface area contributed by atoms with E-state index >= 15 is 0 Å². The Labute approximate surface area is 248 Å². The minimum Gasteiger partial charge on any atom is -0.445 e. The summed E-state index contributed by atoms with van der Waals surface area (Å²) in [4.78, 5) is 81.0. The summed E-state index contributed by atoms with van der Waals surface area (Å²) >= 11 is 0. The molecule has 1 fully saturated rings. The van der Waals surface area contributed by atoms with Gasteiger partial charge < -0.3 is 25.5 Å². The monoisotopic (exact) mass is 586 g/mol. The molecule has 0 radical (unpaired) electrons. The molecule has 1 heterocycles. The van der Waals surface area contributed by atoms with Crippen molar-refractivity contribution in [2.75, 3.05) is 13.1 Å². The highest BCUT2D eigenvalue weighted by Gasteiger charge is 2.61. The lowest BCUT2D eigenvalue weighted by atomic mass is 9.74. The van der Waals surface area contributed by atoms with Crippen LogP contribution in [-0.4, -0.2) is 76.4 Å². The third kappa shape index (κ3) is 8.02. The fourth-order valence-corrected chi connectivity index (χ4v) is 5.36. The fraction of sp³-hybridized carbons (Fsp3) is 0.613. The van der Waals surface area contributed by atoms with Crippen LogP contribution >= 0.6 is 0 Å². The van der Waals surface area contributed by atoms with E-state index in [-0.39, 0.29) is 38.3 Å². The number of hydrogen-bond donors (Lipinski definition) is 2. The quantitative estimate of drug-likeness (QED) is 0.180. The van der Waals surface area contributed by atoms with Gasteiger partial charge in [0.2, 0.25) is 11.8 Å². The molecule has 42 heavy (non-hydrogen) atoms. The summed E-state index contributed by atoms with van der Waals surface area (Å²) in [5, 5.41) is 2.65. The van der Waals surface area contributed by atoms with Gasteiger partial charge in [-0.05, 0) is 43.1 Å². The van der Waals surface area contributed by atoms with Gasteiger partial charge in [0.25, 0.3) is 5.91 Å². The lowest BCUT2D eigenvalue weighted by Crippen LogP contribution is -2.74. The van der Waals surface area contributed by atoms with Crippen LogP contribution in [0.15, 0.2) is 30.3 Å². The maximum atomic E-state index is 14.3. The van der Waals surface area contributed by atoms with Gasteiger partial charge in [-0.3, -0.25) is 24.1 Å². The van der Waals surface area contributed by atoms with E-state index in [1.807, 2.05) is 37.3 Å². The predicted molar refractivity (Wildman–Crippen MR) is 157 cm³/mol.